The third kappa shape index (κ3) is 6.36. The van der Waals surface area contributed by atoms with Gasteiger partial charge in [-0.25, -0.2) is 0 Å². The molecule has 1 aliphatic rings. The van der Waals surface area contributed by atoms with Gasteiger partial charge in [-0.05, 0) is 43.2 Å². The molecule has 150 valence electrons. The lowest BCUT2D eigenvalue weighted by Gasteiger charge is -2.36. The number of ketones is 1. The number of para-hydroxylation sites is 1. The number of rotatable bonds is 9. The molecule has 1 atom stereocenters. The van der Waals surface area contributed by atoms with Crippen LogP contribution in [0.5, 0.6) is 5.75 Å². The van der Waals surface area contributed by atoms with E-state index < -0.39 is 6.10 Å². The maximum Gasteiger partial charge on any atom is 0.130 e. The van der Waals surface area contributed by atoms with Gasteiger partial charge in [0.2, 0.25) is 0 Å². The number of aliphatic hydroxyl groups is 1. The van der Waals surface area contributed by atoms with Crippen molar-refractivity contribution in [1.82, 2.24) is 4.90 Å². The van der Waals surface area contributed by atoms with Crippen molar-refractivity contribution in [3.8, 4) is 5.75 Å². The summed E-state index contributed by atoms with van der Waals surface area (Å²) in [6, 6.07) is 18.2. The minimum Gasteiger partial charge on any atom is -0.491 e. The molecule has 0 aliphatic carbocycles. The van der Waals surface area contributed by atoms with Gasteiger partial charge in [0.25, 0.3) is 0 Å². The maximum atomic E-state index is 11.1. The van der Waals surface area contributed by atoms with E-state index in [2.05, 4.69) is 34.1 Å². The smallest absolute Gasteiger partial charge is 0.130 e. The van der Waals surface area contributed by atoms with Gasteiger partial charge in [0, 0.05) is 44.8 Å². The van der Waals surface area contributed by atoms with Gasteiger partial charge in [0.05, 0.1) is 0 Å². The van der Waals surface area contributed by atoms with Crippen LogP contribution in [0.25, 0.3) is 0 Å². The normalized spacial score (nSPS) is 16.0. The summed E-state index contributed by atoms with van der Waals surface area (Å²) in [6.07, 6.45) is 0.810. The van der Waals surface area contributed by atoms with E-state index >= 15 is 0 Å². The fourth-order valence-corrected chi connectivity index (χ4v) is 3.44. The minimum absolute atomic E-state index is 0.202. The van der Waals surface area contributed by atoms with Crippen LogP contribution in [0.15, 0.2) is 54.6 Å². The molecule has 2 aromatic rings. The van der Waals surface area contributed by atoms with Crippen molar-refractivity contribution in [3.05, 3.63) is 60.2 Å². The van der Waals surface area contributed by atoms with Gasteiger partial charge in [-0.2, -0.15) is 0 Å². The summed E-state index contributed by atoms with van der Waals surface area (Å²) in [6.45, 7) is 6.34. The van der Waals surface area contributed by atoms with Crippen molar-refractivity contribution in [2.45, 2.75) is 25.9 Å². The Hall–Kier alpha value is -2.37. The first kappa shape index (κ1) is 20.4. The highest BCUT2D eigenvalue weighted by Crippen LogP contribution is 2.16. The molecule has 1 saturated heterocycles. The quantitative estimate of drug-likeness (QED) is 0.723. The second-order valence-corrected chi connectivity index (χ2v) is 7.43. The van der Waals surface area contributed by atoms with Crippen molar-refractivity contribution >= 4 is 11.5 Å². The molecule has 5 nitrogen and oxygen atoms in total. The van der Waals surface area contributed by atoms with Crippen LogP contribution in [0.1, 0.15) is 18.9 Å². The van der Waals surface area contributed by atoms with Gasteiger partial charge in [-0.15, -0.1) is 0 Å². The lowest BCUT2D eigenvalue weighted by atomic mass is 10.1. The zero-order chi connectivity index (χ0) is 19.8. The summed E-state index contributed by atoms with van der Waals surface area (Å²) in [5.41, 5.74) is 2.39. The molecule has 1 heterocycles. The Kier molecular flexibility index (Phi) is 7.46. The molecule has 0 radical (unpaired) electrons. The number of Topliss-reactive ketones (excluding diaryl/α,β-unsaturated/α-hetero) is 1. The fourth-order valence-electron chi connectivity index (χ4n) is 3.44. The van der Waals surface area contributed by atoms with Crippen molar-refractivity contribution in [2.75, 3.05) is 44.2 Å². The van der Waals surface area contributed by atoms with Crippen LogP contribution in [0, 0.1) is 0 Å². The highest BCUT2D eigenvalue weighted by atomic mass is 16.5. The Morgan fingerprint density at radius 3 is 2.36 bits per heavy atom. The van der Waals surface area contributed by atoms with E-state index in [1.807, 2.05) is 30.3 Å². The predicted molar refractivity (Wildman–Crippen MR) is 112 cm³/mol. The largest absolute Gasteiger partial charge is 0.491 e. The van der Waals surface area contributed by atoms with E-state index in [0.717, 1.165) is 43.9 Å². The first-order valence-corrected chi connectivity index (χ1v) is 10.0. The van der Waals surface area contributed by atoms with Gasteiger partial charge < -0.3 is 19.5 Å². The summed E-state index contributed by atoms with van der Waals surface area (Å²) in [5.74, 6) is 0.951. The minimum atomic E-state index is -0.513. The van der Waals surface area contributed by atoms with Crippen molar-refractivity contribution in [3.63, 3.8) is 0 Å². The molecular formula is C23H30N2O3. The Morgan fingerprint density at radius 2 is 1.71 bits per heavy atom. The third-order valence-electron chi connectivity index (χ3n) is 5.09. The summed E-state index contributed by atoms with van der Waals surface area (Å²) in [5, 5.41) is 10.3. The van der Waals surface area contributed by atoms with E-state index in [-0.39, 0.29) is 12.4 Å². The van der Waals surface area contributed by atoms with Gasteiger partial charge in [0.15, 0.2) is 0 Å². The lowest BCUT2D eigenvalue weighted by molar-refractivity contribution is -0.116. The van der Waals surface area contributed by atoms with E-state index in [0.29, 0.717) is 13.0 Å². The second-order valence-electron chi connectivity index (χ2n) is 7.43. The number of carbonyl (C=O) groups excluding carboxylic acids is 1. The topological polar surface area (TPSA) is 53.0 Å². The number of benzene rings is 2. The maximum absolute atomic E-state index is 11.1. The summed E-state index contributed by atoms with van der Waals surface area (Å²) >= 11 is 0. The standard InChI is InChI=1S/C23H30N2O3/c1-19(26)7-8-20-9-11-23(12-10-20)28-18-22(27)17-24-13-15-25(16-14-24)21-5-3-2-4-6-21/h2-6,9-12,22,27H,7-8,13-18H2,1H3. The average Bonchev–Trinajstić information content (AvgIpc) is 2.73. The number of hydrogen-bond donors (Lipinski definition) is 1. The van der Waals surface area contributed by atoms with Crippen LogP contribution >= 0.6 is 0 Å². The lowest BCUT2D eigenvalue weighted by Crippen LogP contribution is -2.49. The Morgan fingerprint density at radius 1 is 1.04 bits per heavy atom. The number of hydrogen-bond acceptors (Lipinski definition) is 5. The number of aliphatic hydroxyl groups excluding tert-OH is 1. The van der Waals surface area contributed by atoms with E-state index in [1.165, 1.54) is 5.69 Å². The second kappa shape index (κ2) is 10.2. The molecule has 1 unspecified atom stereocenters. The van der Waals surface area contributed by atoms with Gasteiger partial charge >= 0.3 is 0 Å². The molecule has 0 saturated carbocycles. The van der Waals surface area contributed by atoms with Crippen molar-refractivity contribution in [2.24, 2.45) is 0 Å². The summed E-state index contributed by atoms with van der Waals surface area (Å²) < 4.78 is 5.73. The molecular weight excluding hydrogens is 352 g/mol. The zero-order valence-electron chi connectivity index (χ0n) is 16.6. The Balaban J connectivity index is 1.37. The number of aryl methyl sites for hydroxylation is 1. The number of nitrogens with zero attached hydrogens (tertiary/aromatic N) is 2. The molecule has 0 amide bonds. The van der Waals surface area contributed by atoms with E-state index in [4.69, 9.17) is 4.74 Å². The molecule has 1 aliphatic heterocycles. The van der Waals surface area contributed by atoms with Crippen molar-refractivity contribution in [1.29, 1.82) is 0 Å². The molecule has 2 aromatic carbocycles. The van der Waals surface area contributed by atoms with Gasteiger partial charge in [-0.3, -0.25) is 4.90 Å². The summed E-state index contributed by atoms with van der Waals surface area (Å²) in [7, 11) is 0. The zero-order valence-corrected chi connectivity index (χ0v) is 16.6. The highest BCUT2D eigenvalue weighted by Gasteiger charge is 2.19. The van der Waals surface area contributed by atoms with Gasteiger partial charge in [0.1, 0.15) is 24.2 Å². The molecule has 5 heteroatoms. The number of ether oxygens (including phenoxy) is 1. The van der Waals surface area contributed by atoms with Crippen LogP contribution < -0.4 is 9.64 Å². The van der Waals surface area contributed by atoms with Crippen LogP contribution in [-0.2, 0) is 11.2 Å². The number of β-amino-alcohol motifs (C(OH)–C–C–N with tert-alkyl or cyclic N) is 1. The van der Waals surface area contributed by atoms with Crippen LogP contribution in [0.3, 0.4) is 0 Å². The summed E-state index contributed by atoms with van der Waals surface area (Å²) in [4.78, 5) is 15.7. The Bertz CT molecular complexity index is 725. The fraction of sp³-hybridized carbons (Fsp3) is 0.435. The van der Waals surface area contributed by atoms with Crippen LogP contribution in [0.2, 0.25) is 0 Å². The third-order valence-corrected chi connectivity index (χ3v) is 5.09. The molecule has 0 spiro atoms. The van der Waals surface area contributed by atoms with Crippen molar-refractivity contribution < 1.29 is 14.6 Å². The SMILES string of the molecule is CC(=O)CCc1ccc(OCC(O)CN2CCN(c3ccccc3)CC2)cc1. The molecule has 28 heavy (non-hydrogen) atoms. The molecule has 0 aromatic heterocycles. The van der Waals surface area contributed by atoms with E-state index in [1.54, 1.807) is 6.92 Å². The molecule has 0 bridgehead atoms. The number of piperazine rings is 1. The number of carbonyl (C=O) groups is 1. The number of anilines is 1. The molecule has 1 fully saturated rings. The Labute approximate surface area is 167 Å². The van der Waals surface area contributed by atoms with Crippen LogP contribution in [-0.4, -0.2) is 61.2 Å². The average molecular weight is 383 g/mol. The van der Waals surface area contributed by atoms with Crippen LogP contribution in [0.4, 0.5) is 5.69 Å². The molecule has 1 N–H and O–H groups in total. The van der Waals surface area contributed by atoms with Gasteiger partial charge in [-0.1, -0.05) is 30.3 Å². The predicted octanol–water partition coefficient (Wildman–Crippen LogP) is 2.77. The first-order valence-electron chi connectivity index (χ1n) is 10.0. The monoisotopic (exact) mass is 382 g/mol. The highest BCUT2D eigenvalue weighted by molar-refractivity contribution is 5.75. The van der Waals surface area contributed by atoms with E-state index in [9.17, 15) is 9.90 Å². The first-order chi connectivity index (χ1) is 13.6. The molecule has 3 rings (SSSR count).